The van der Waals surface area contributed by atoms with Crippen molar-refractivity contribution < 1.29 is 18.9 Å². The molecule has 43 heavy (non-hydrogen) atoms. The minimum atomic E-state index is 0.193. The van der Waals surface area contributed by atoms with E-state index < -0.39 is 0 Å². The van der Waals surface area contributed by atoms with Gasteiger partial charge in [0.05, 0.1) is 58.5 Å². The van der Waals surface area contributed by atoms with Gasteiger partial charge in [0, 0.05) is 25.0 Å². The van der Waals surface area contributed by atoms with Gasteiger partial charge in [-0.1, -0.05) is 65.3 Å². The molecule has 0 unspecified atom stereocenters. The van der Waals surface area contributed by atoms with Crippen LogP contribution in [-0.2, 0) is 37.3 Å². The lowest BCUT2D eigenvalue weighted by molar-refractivity contribution is -0.00491. The van der Waals surface area contributed by atoms with E-state index in [-0.39, 0.29) is 5.41 Å². The van der Waals surface area contributed by atoms with Crippen LogP contribution in [0.15, 0.2) is 30.5 Å². The maximum Gasteiger partial charge on any atom is 0.170 e. The first-order valence-electron chi connectivity index (χ1n) is 15.9. The van der Waals surface area contributed by atoms with E-state index in [0.717, 1.165) is 50.2 Å². The molecule has 0 fully saturated rings. The molecule has 0 aliphatic heterocycles. The van der Waals surface area contributed by atoms with Gasteiger partial charge in [0.1, 0.15) is 0 Å². The zero-order valence-corrected chi connectivity index (χ0v) is 28.4. The Morgan fingerprint density at radius 2 is 1.42 bits per heavy atom. The normalized spacial score (nSPS) is 12.0. The summed E-state index contributed by atoms with van der Waals surface area (Å²) in [4.78, 5) is 0. The van der Waals surface area contributed by atoms with Gasteiger partial charge in [0.15, 0.2) is 5.11 Å². The molecule has 0 saturated heterocycles. The van der Waals surface area contributed by atoms with E-state index in [1.165, 1.54) is 18.4 Å². The van der Waals surface area contributed by atoms with E-state index in [1.807, 2.05) is 10.9 Å². The highest BCUT2D eigenvalue weighted by Gasteiger charge is 2.19. The fraction of sp³-hybridized carbons (Fsp3) is 0.727. The molecule has 0 bridgehead atoms. The number of thiocarbonyl (C=S) groups is 1. The second-order valence-electron chi connectivity index (χ2n) is 12.8. The van der Waals surface area contributed by atoms with Crippen LogP contribution in [0, 0.1) is 5.41 Å². The first kappa shape index (κ1) is 37.1. The topological polar surface area (TPSA) is 91.7 Å². The Kier molecular flexibility index (Phi) is 17.9. The largest absolute Gasteiger partial charge is 0.379 e. The third-order valence-electron chi connectivity index (χ3n) is 7.11. The first-order chi connectivity index (χ1) is 20.6. The molecule has 1 aromatic heterocycles. The van der Waals surface area contributed by atoms with Crippen molar-refractivity contribution in [1.29, 1.82) is 0 Å². The zero-order valence-electron chi connectivity index (χ0n) is 27.6. The number of unbranched alkanes of at least 4 members (excludes halogenated alkanes) is 1. The summed E-state index contributed by atoms with van der Waals surface area (Å²) in [5.41, 5.74) is 3.86. The standard InChI is InChI=1S/C33H57N5O4S/c1-7-15-33(5,6)28-11-13-29(14-12-28)35-31(43)34-17-9-8-10-30-27-38(37-36-30)18-20-40-22-24-42-26-25-41-23-21-39-19-16-32(2,3)4/h11-14,27H,7-10,15-26H2,1-6H3,(H2,34,35,43). The average Bonchev–Trinajstić information content (AvgIpc) is 3.40. The van der Waals surface area contributed by atoms with Gasteiger partial charge in [-0.2, -0.15) is 0 Å². The van der Waals surface area contributed by atoms with Crippen molar-refractivity contribution in [2.45, 2.75) is 92.0 Å². The fourth-order valence-electron chi connectivity index (χ4n) is 4.44. The zero-order chi connectivity index (χ0) is 31.4. The maximum absolute atomic E-state index is 5.65. The third kappa shape index (κ3) is 17.7. The molecule has 0 radical (unpaired) electrons. The van der Waals surface area contributed by atoms with Crippen LogP contribution < -0.4 is 10.6 Å². The quantitative estimate of drug-likeness (QED) is 0.112. The van der Waals surface area contributed by atoms with Gasteiger partial charge >= 0.3 is 0 Å². The second-order valence-corrected chi connectivity index (χ2v) is 13.2. The van der Waals surface area contributed by atoms with Gasteiger partial charge in [-0.05, 0) is 72.8 Å². The Hall–Kier alpha value is -2.11. The Balaban J connectivity index is 1.42. The molecule has 2 rings (SSSR count). The summed E-state index contributed by atoms with van der Waals surface area (Å²) in [6, 6.07) is 8.60. The molecule has 10 heteroatoms. The average molecular weight is 620 g/mol. The predicted octanol–water partition coefficient (Wildman–Crippen LogP) is 6.17. The minimum Gasteiger partial charge on any atom is -0.379 e. The van der Waals surface area contributed by atoms with E-state index in [1.54, 1.807) is 0 Å². The van der Waals surface area contributed by atoms with Crippen molar-refractivity contribution in [2.75, 3.05) is 64.7 Å². The van der Waals surface area contributed by atoms with Crippen molar-refractivity contribution in [3.63, 3.8) is 0 Å². The summed E-state index contributed by atoms with van der Waals surface area (Å²) in [6.07, 6.45) is 8.29. The van der Waals surface area contributed by atoms with Crippen LogP contribution >= 0.6 is 12.2 Å². The fourth-order valence-corrected chi connectivity index (χ4v) is 4.66. The van der Waals surface area contributed by atoms with E-state index in [4.69, 9.17) is 31.2 Å². The molecule has 2 N–H and O–H groups in total. The number of anilines is 1. The lowest BCUT2D eigenvalue weighted by Gasteiger charge is -2.25. The van der Waals surface area contributed by atoms with Crippen molar-refractivity contribution >= 4 is 23.0 Å². The Labute approximate surface area is 265 Å². The van der Waals surface area contributed by atoms with Gasteiger partial charge in [0.2, 0.25) is 0 Å². The summed E-state index contributed by atoms with van der Waals surface area (Å²) in [5, 5.41) is 15.7. The van der Waals surface area contributed by atoms with Gasteiger partial charge in [0.25, 0.3) is 0 Å². The molecule has 9 nitrogen and oxygen atoms in total. The smallest absolute Gasteiger partial charge is 0.170 e. The van der Waals surface area contributed by atoms with Gasteiger partial charge in [-0.3, -0.25) is 0 Å². The number of hydrogen-bond acceptors (Lipinski definition) is 7. The van der Waals surface area contributed by atoms with Crippen molar-refractivity contribution in [2.24, 2.45) is 5.41 Å². The highest BCUT2D eigenvalue weighted by Crippen LogP contribution is 2.29. The van der Waals surface area contributed by atoms with Crippen LogP contribution in [-0.4, -0.2) is 79.5 Å². The van der Waals surface area contributed by atoms with Crippen molar-refractivity contribution in [3.8, 4) is 0 Å². The number of nitrogens with zero attached hydrogens (tertiary/aromatic N) is 3. The van der Waals surface area contributed by atoms with E-state index >= 15 is 0 Å². The summed E-state index contributed by atoms with van der Waals surface area (Å²) in [7, 11) is 0. The van der Waals surface area contributed by atoms with Gasteiger partial charge in [-0.25, -0.2) is 4.68 Å². The van der Waals surface area contributed by atoms with Crippen LogP contribution in [0.25, 0.3) is 0 Å². The lowest BCUT2D eigenvalue weighted by atomic mass is 9.81. The number of aryl methyl sites for hydroxylation is 1. The summed E-state index contributed by atoms with van der Waals surface area (Å²) >= 11 is 5.47. The number of hydrogen-bond donors (Lipinski definition) is 2. The number of nitrogens with one attached hydrogen (secondary N) is 2. The van der Waals surface area contributed by atoms with Crippen LogP contribution in [0.3, 0.4) is 0 Å². The van der Waals surface area contributed by atoms with Crippen molar-refractivity contribution in [1.82, 2.24) is 20.3 Å². The second kappa shape index (κ2) is 20.8. The molecule has 0 atom stereocenters. The predicted molar refractivity (Wildman–Crippen MR) is 179 cm³/mol. The SMILES string of the molecule is CCCC(C)(C)c1ccc(NC(=S)NCCCCc2cn(CCOCCOCCOCCOCCC(C)(C)C)nn2)cc1. The number of aromatic nitrogens is 3. The highest BCUT2D eigenvalue weighted by molar-refractivity contribution is 7.80. The molecule has 0 aliphatic rings. The molecule has 0 aliphatic carbocycles. The summed E-state index contributed by atoms with van der Waals surface area (Å²) < 4.78 is 24.1. The molecule has 1 aromatic carbocycles. The lowest BCUT2D eigenvalue weighted by Crippen LogP contribution is -2.29. The molecule has 1 heterocycles. The van der Waals surface area contributed by atoms with Crippen LogP contribution in [0.2, 0.25) is 0 Å². The van der Waals surface area contributed by atoms with E-state index in [9.17, 15) is 0 Å². The van der Waals surface area contributed by atoms with Crippen molar-refractivity contribution in [3.05, 3.63) is 41.7 Å². The minimum absolute atomic E-state index is 0.193. The van der Waals surface area contributed by atoms with Gasteiger partial charge < -0.3 is 29.6 Å². The Morgan fingerprint density at radius 3 is 2.02 bits per heavy atom. The van der Waals surface area contributed by atoms with E-state index in [0.29, 0.717) is 63.3 Å². The van der Waals surface area contributed by atoms with Gasteiger partial charge in [-0.15, -0.1) is 5.10 Å². The maximum atomic E-state index is 5.65. The molecular formula is C33H57N5O4S. The number of benzene rings is 1. The first-order valence-corrected chi connectivity index (χ1v) is 16.4. The Bertz CT molecular complexity index is 1010. The molecule has 2 aromatic rings. The summed E-state index contributed by atoms with van der Waals surface area (Å²) in [5.74, 6) is 0. The van der Waals surface area contributed by atoms with Crippen LogP contribution in [0.4, 0.5) is 5.69 Å². The third-order valence-corrected chi connectivity index (χ3v) is 7.35. The molecule has 0 saturated carbocycles. The molecule has 0 spiro atoms. The van der Waals surface area contributed by atoms with Crippen LogP contribution in [0.1, 0.15) is 84.9 Å². The molecule has 244 valence electrons. The Morgan fingerprint density at radius 1 is 0.814 bits per heavy atom. The number of rotatable bonds is 23. The highest BCUT2D eigenvalue weighted by atomic mass is 32.1. The summed E-state index contributed by atoms with van der Waals surface area (Å²) in [6.45, 7) is 19.7. The molecular weight excluding hydrogens is 562 g/mol. The van der Waals surface area contributed by atoms with Crippen LogP contribution in [0.5, 0.6) is 0 Å². The molecule has 0 amide bonds. The van der Waals surface area contributed by atoms with E-state index in [2.05, 4.69) is 86.8 Å². The number of ether oxygens (including phenoxy) is 4. The monoisotopic (exact) mass is 619 g/mol.